The van der Waals surface area contributed by atoms with Gasteiger partial charge in [0.25, 0.3) is 0 Å². The quantitative estimate of drug-likeness (QED) is 0.820. The van der Waals surface area contributed by atoms with Crippen LogP contribution in [0.3, 0.4) is 0 Å². The molecular formula is C17H19FN2O4S. The lowest BCUT2D eigenvalue weighted by Gasteiger charge is -2.15. The lowest BCUT2D eigenvalue weighted by Crippen LogP contribution is -2.26. The van der Waals surface area contributed by atoms with Gasteiger partial charge in [0.15, 0.2) is 0 Å². The molecule has 0 bridgehead atoms. The van der Waals surface area contributed by atoms with Gasteiger partial charge in [-0.1, -0.05) is 12.1 Å². The van der Waals surface area contributed by atoms with E-state index in [9.17, 15) is 17.6 Å². The third-order valence-electron chi connectivity index (χ3n) is 3.39. The first-order chi connectivity index (χ1) is 11.8. The maximum absolute atomic E-state index is 13.0. The summed E-state index contributed by atoms with van der Waals surface area (Å²) in [6, 6.07) is 10.8. The number of anilines is 1. The van der Waals surface area contributed by atoms with E-state index in [0.29, 0.717) is 11.3 Å². The first-order valence-corrected chi connectivity index (χ1v) is 9.12. The zero-order valence-corrected chi connectivity index (χ0v) is 14.6. The van der Waals surface area contributed by atoms with E-state index in [2.05, 4.69) is 10.0 Å². The second kappa shape index (κ2) is 8.09. The topological polar surface area (TPSA) is 84.5 Å². The van der Waals surface area contributed by atoms with Crippen molar-refractivity contribution in [1.82, 2.24) is 4.72 Å². The van der Waals surface area contributed by atoms with Crippen molar-refractivity contribution < 1.29 is 22.3 Å². The normalized spacial score (nSPS) is 12.4. The largest absolute Gasteiger partial charge is 0.450 e. The van der Waals surface area contributed by atoms with Crippen LogP contribution in [0.4, 0.5) is 14.9 Å². The minimum atomic E-state index is -3.76. The van der Waals surface area contributed by atoms with E-state index in [1.165, 1.54) is 48.5 Å². The monoisotopic (exact) mass is 366 g/mol. The molecule has 2 rings (SSSR count). The Kier molecular flexibility index (Phi) is 6.11. The smallest absolute Gasteiger partial charge is 0.411 e. The summed E-state index contributed by atoms with van der Waals surface area (Å²) in [4.78, 5) is 11.4. The highest BCUT2D eigenvalue weighted by atomic mass is 32.2. The van der Waals surface area contributed by atoms with Crippen LogP contribution in [0, 0.1) is 5.82 Å². The van der Waals surface area contributed by atoms with Gasteiger partial charge in [0.1, 0.15) is 5.82 Å². The van der Waals surface area contributed by atoms with Gasteiger partial charge in [-0.3, -0.25) is 5.32 Å². The fourth-order valence-electron chi connectivity index (χ4n) is 2.12. The number of hydrogen-bond acceptors (Lipinski definition) is 4. The Balaban J connectivity index is 2.08. The highest BCUT2D eigenvalue weighted by molar-refractivity contribution is 7.89. The summed E-state index contributed by atoms with van der Waals surface area (Å²) in [7, 11) is -3.76. The third-order valence-corrected chi connectivity index (χ3v) is 4.95. The van der Waals surface area contributed by atoms with Gasteiger partial charge in [-0.2, -0.15) is 0 Å². The van der Waals surface area contributed by atoms with Gasteiger partial charge in [0.05, 0.1) is 11.5 Å². The highest BCUT2D eigenvalue weighted by Crippen LogP contribution is 2.19. The number of nitrogens with one attached hydrogen (secondary N) is 2. The van der Waals surface area contributed by atoms with Crippen molar-refractivity contribution in [3.05, 3.63) is 59.9 Å². The number of halogens is 1. The molecule has 2 N–H and O–H groups in total. The molecule has 0 aliphatic heterocycles. The molecular weight excluding hydrogens is 347 g/mol. The minimum Gasteiger partial charge on any atom is -0.450 e. The van der Waals surface area contributed by atoms with Gasteiger partial charge in [-0.15, -0.1) is 0 Å². The van der Waals surface area contributed by atoms with E-state index in [1.54, 1.807) is 13.8 Å². The van der Waals surface area contributed by atoms with E-state index in [1.807, 2.05) is 0 Å². The molecule has 8 heteroatoms. The molecule has 1 amide bonds. The van der Waals surface area contributed by atoms with Crippen LogP contribution in [-0.4, -0.2) is 21.1 Å². The molecule has 0 unspecified atom stereocenters. The molecule has 0 radical (unpaired) electrons. The van der Waals surface area contributed by atoms with E-state index in [0.717, 1.165) is 0 Å². The number of hydrogen-bond donors (Lipinski definition) is 2. The van der Waals surface area contributed by atoms with Crippen LogP contribution >= 0.6 is 0 Å². The fourth-order valence-corrected chi connectivity index (χ4v) is 3.35. The second-order valence-corrected chi connectivity index (χ2v) is 6.98. The van der Waals surface area contributed by atoms with E-state index in [4.69, 9.17) is 4.74 Å². The SMILES string of the molecule is CCOC(=O)Nc1ccc(S(=O)(=O)N[C@@H](C)c2ccc(F)cc2)cc1. The van der Waals surface area contributed by atoms with E-state index in [-0.39, 0.29) is 17.3 Å². The van der Waals surface area contributed by atoms with Crippen molar-refractivity contribution in [1.29, 1.82) is 0 Å². The van der Waals surface area contributed by atoms with Crippen LogP contribution in [0.1, 0.15) is 25.5 Å². The summed E-state index contributed by atoms with van der Waals surface area (Å²) in [6.07, 6.45) is -0.610. The molecule has 0 saturated heterocycles. The van der Waals surface area contributed by atoms with Crippen molar-refractivity contribution in [3.63, 3.8) is 0 Å². The first kappa shape index (κ1) is 18.9. The maximum Gasteiger partial charge on any atom is 0.411 e. The predicted molar refractivity (Wildman–Crippen MR) is 92.2 cm³/mol. The van der Waals surface area contributed by atoms with Gasteiger partial charge < -0.3 is 4.74 Å². The number of amides is 1. The fraction of sp³-hybridized carbons (Fsp3) is 0.235. The standard InChI is InChI=1S/C17H19FN2O4S/c1-3-24-17(21)19-15-8-10-16(11-9-15)25(22,23)20-12(2)13-4-6-14(18)7-5-13/h4-12,20H,3H2,1-2H3,(H,19,21)/t12-/m0/s1. The number of benzene rings is 2. The lowest BCUT2D eigenvalue weighted by atomic mass is 10.1. The average molecular weight is 366 g/mol. The van der Waals surface area contributed by atoms with Gasteiger partial charge in [0.2, 0.25) is 10.0 Å². The van der Waals surface area contributed by atoms with Gasteiger partial charge in [-0.25, -0.2) is 22.3 Å². The molecule has 2 aromatic rings. The molecule has 0 aliphatic carbocycles. The molecule has 25 heavy (non-hydrogen) atoms. The maximum atomic E-state index is 13.0. The third kappa shape index (κ3) is 5.27. The molecule has 0 aliphatic rings. The van der Waals surface area contributed by atoms with Crippen LogP contribution in [-0.2, 0) is 14.8 Å². The van der Waals surface area contributed by atoms with Crippen LogP contribution < -0.4 is 10.0 Å². The van der Waals surface area contributed by atoms with Crippen molar-refractivity contribution >= 4 is 21.8 Å². The number of ether oxygens (including phenoxy) is 1. The summed E-state index contributed by atoms with van der Waals surface area (Å²) in [5, 5.41) is 2.48. The zero-order valence-electron chi connectivity index (χ0n) is 13.8. The summed E-state index contributed by atoms with van der Waals surface area (Å²) in [6.45, 7) is 3.59. The van der Waals surface area contributed by atoms with Gasteiger partial charge in [-0.05, 0) is 55.8 Å². The molecule has 0 heterocycles. The molecule has 0 saturated carbocycles. The first-order valence-electron chi connectivity index (χ1n) is 7.63. The molecule has 6 nitrogen and oxygen atoms in total. The highest BCUT2D eigenvalue weighted by Gasteiger charge is 2.18. The van der Waals surface area contributed by atoms with Crippen molar-refractivity contribution in [2.75, 3.05) is 11.9 Å². The molecule has 134 valence electrons. The number of carbonyl (C=O) groups is 1. The van der Waals surface area contributed by atoms with Crippen LogP contribution in [0.5, 0.6) is 0 Å². The van der Waals surface area contributed by atoms with Crippen LogP contribution in [0.15, 0.2) is 53.4 Å². The number of rotatable bonds is 6. The molecule has 0 fully saturated rings. The molecule has 0 aromatic heterocycles. The Labute approximate surface area is 146 Å². The Morgan fingerprint density at radius 3 is 2.28 bits per heavy atom. The Bertz CT molecular complexity index is 821. The molecule has 2 aromatic carbocycles. The van der Waals surface area contributed by atoms with Crippen LogP contribution in [0.2, 0.25) is 0 Å². The van der Waals surface area contributed by atoms with Crippen molar-refractivity contribution in [2.45, 2.75) is 24.8 Å². The Morgan fingerprint density at radius 2 is 1.72 bits per heavy atom. The zero-order chi connectivity index (χ0) is 18.4. The summed E-state index contributed by atoms with van der Waals surface area (Å²) in [5.41, 5.74) is 1.06. The number of sulfonamides is 1. The van der Waals surface area contributed by atoms with Crippen molar-refractivity contribution in [2.24, 2.45) is 0 Å². The summed E-state index contributed by atoms with van der Waals surface area (Å²) >= 11 is 0. The predicted octanol–water partition coefficient (Wildman–Crippen LogP) is 3.43. The summed E-state index contributed by atoms with van der Waals surface area (Å²) in [5.74, 6) is -0.386. The van der Waals surface area contributed by atoms with E-state index >= 15 is 0 Å². The average Bonchev–Trinajstić information content (AvgIpc) is 2.55. The summed E-state index contributed by atoms with van der Waals surface area (Å²) < 4.78 is 45.1. The Morgan fingerprint density at radius 1 is 1.12 bits per heavy atom. The van der Waals surface area contributed by atoms with Crippen molar-refractivity contribution in [3.8, 4) is 0 Å². The van der Waals surface area contributed by atoms with Gasteiger partial charge in [0, 0.05) is 11.7 Å². The minimum absolute atomic E-state index is 0.0517. The lowest BCUT2D eigenvalue weighted by molar-refractivity contribution is 0.168. The second-order valence-electron chi connectivity index (χ2n) is 5.26. The van der Waals surface area contributed by atoms with Crippen LogP contribution in [0.25, 0.3) is 0 Å². The molecule has 0 spiro atoms. The Hall–Kier alpha value is -2.45. The van der Waals surface area contributed by atoms with Gasteiger partial charge >= 0.3 is 6.09 Å². The van der Waals surface area contributed by atoms with E-state index < -0.39 is 22.2 Å². The number of carbonyl (C=O) groups excluding carboxylic acids is 1. The molecule has 1 atom stereocenters.